The van der Waals surface area contributed by atoms with Crippen LogP contribution in [-0.4, -0.2) is 48.9 Å². The molecule has 0 aliphatic heterocycles. The first kappa shape index (κ1) is 22.4. The van der Waals surface area contributed by atoms with Gasteiger partial charge in [-0.2, -0.15) is 0 Å². The van der Waals surface area contributed by atoms with Crippen LogP contribution in [0.3, 0.4) is 0 Å². The average molecular weight is 487 g/mol. The zero-order valence-electron chi connectivity index (χ0n) is 15.6. The third kappa shape index (κ3) is 6.56. The summed E-state index contributed by atoms with van der Waals surface area (Å²) in [6.45, 7) is 5.82. The second-order valence-corrected chi connectivity index (χ2v) is 6.69. The van der Waals surface area contributed by atoms with Gasteiger partial charge in [0.25, 0.3) is 5.91 Å². The van der Waals surface area contributed by atoms with E-state index in [1.54, 1.807) is 12.6 Å². The molecule has 1 aromatic carbocycles. The second-order valence-electron chi connectivity index (χ2n) is 5.84. The van der Waals surface area contributed by atoms with Gasteiger partial charge in [0.05, 0.1) is 11.2 Å². The molecule has 0 radical (unpaired) electrons. The van der Waals surface area contributed by atoms with Crippen molar-refractivity contribution in [1.82, 2.24) is 20.5 Å². The van der Waals surface area contributed by atoms with Crippen LogP contribution in [0, 0.1) is 13.8 Å². The molecule has 0 atom stereocenters. The van der Waals surface area contributed by atoms with Crippen LogP contribution in [0.4, 0.5) is 0 Å². The molecule has 0 aliphatic rings. The summed E-state index contributed by atoms with van der Waals surface area (Å²) in [6, 6.07) is 8.46. The monoisotopic (exact) mass is 487 g/mol. The number of nitrogens with zero attached hydrogens (tertiary/aromatic N) is 3. The first-order valence-electron chi connectivity index (χ1n) is 8.17. The van der Waals surface area contributed by atoms with E-state index in [9.17, 15) is 4.79 Å². The highest BCUT2D eigenvalue weighted by Gasteiger charge is 2.11. The van der Waals surface area contributed by atoms with Gasteiger partial charge in [-0.25, -0.2) is 4.98 Å². The van der Waals surface area contributed by atoms with Gasteiger partial charge in [-0.05, 0) is 19.4 Å². The van der Waals surface area contributed by atoms with Gasteiger partial charge in [0.1, 0.15) is 4.88 Å². The van der Waals surface area contributed by atoms with Crippen LogP contribution in [0.15, 0.2) is 34.8 Å². The number of aryl methyl sites for hydroxylation is 2. The Bertz CT molecular complexity index is 729. The summed E-state index contributed by atoms with van der Waals surface area (Å²) in [5.74, 6) is 0.716. The highest BCUT2D eigenvalue weighted by Crippen LogP contribution is 2.11. The highest BCUT2D eigenvalue weighted by atomic mass is 127. The van der Waals surface area contributed by atoms with Gasteiger partial charge >= 0.3 is 0 Å². The molecule has 0 saturated carbocycles. The van der Waals surface area contributed by atoms with Crippen molar-refractivity contribution in [3.63, 3.8) is 0 Å². The first-order valence-corrected chi connectivity index (χ1v) is 9.05. The number of aliphatic imine (C=N–C) groups is 1. The predicted octanol–water partition coefficient (Wildman–Crippen LogP) is 2.82. The number of carbonyl (C=O) groups is 1. The lowest BCUT2D eigenvalue weighted by atomic mass is 10.1. The molecule has 1 aromatic heterocycles. The molecule has 2 N–H and O–H groups in total. The summed E-state index contributed by atoms with van der Waals surface area (Å²) < 4.78 is 0. The number of aromatic nitrogens is 1. The molecular weight excluding hydrogens is 461 g/mol. The standard InChI is InChI=1S/C18H25N5OS.HI/c1-13-5-7-15(8-6-13)11-23(4)18(19-3)21-10-9-20-17(24)16-14(2)22-12-25-16;/h5-8,12H,9-11H2,1-4H3,(H,19,21)(H,20,24);1H. The van der Waals surface area contributed by atoms with Crippen LogP contribution in [0.25, 0.3) is 0 Å². The first-order chi connectivity index (χ1) is 12.0. The molecular formula is C18H26IN5OS. The topological polar surface area (TPSA) is 69.6 Å². The molecule has 2 aromatic rings. The van der Waals surface area contributed by atoms with E-state index >= 15 is 0 Å². The maximum atomic E-state index is 12.0. The number of rotatable bonds is 6. The van der Waals surface area contributed by atoms with Gasteiger partial charge < -0.3 is 15.5 Å². The maximum Gasteiger partial charge on any atom is 0.263 e. The summed E-state index contributed by atoms with van der Waals surface area (Å²) in [6.07, 6.45) is 0. The van der Waals surface area contributed by atoms with Crippen LogP contribution in [0.2, 0.25) is 0 Å². The van der Waals surface area contributed by atoms with Gasteiger partial charge in [-0.1, -0.05) is 29.8 Å². The number of thiazole rings is 1. The minimum absolute atomic E-state index is 0. The fourth-order valence-electron chi connectivity index (χ4n) is 2.38. The number of nitrogens with one attached hydrogen (secondary N) is 2. The number of amides is 1. The summed E-state index contributed by atoms with van der Waals surface area (Å²) in [5, 5.41) is 6.16. The highest BCUT2D eigenvalue weighted by molar-refractivity contribution is 14.0. The molecule has 0 spiro atoms. The fraction of sp³-hybridized carbons (Fsp3) is 0.389. The van der Waals surface area contributed by atoms with E-state index in [2.05, 4.69) is 56.7 Å². The van der Waals surface area contributed by atoms with Gasteiger partial charge in [-0.15, -0.1) is 35.3 Å². The SMILES string of the molecule is CN=C(NCCNC(=O)c1scnc1C)N(C)Cc1ccc(C)cc1.I. The lowest BCUT2D eigenvalue weighted by Gasteiger charge is -2.22. The van der Waals surface area contributed by atoms with E-state index in [-0.39, 0.29) is 29.9 Å². The Labute approximate surface area is 176 Å². The minimum Gasteiger partial charge on any atom is -0.354 e. The van der Waals surface area contributed by atoms with Gasteiger partial charge in [0, 0.05) is 33.7 Å². The molecule has 26 heavy (non-hydrogen) atoms. The molecule has 0 fully saturated rings. The molecule has 2 rings (SSSR count). The average Bonchev–Trinajstić information content (AvgIpc) is 3.03. The van der Waals surface area contributed by atoms with Crippen molar-refractivity contribution in [1.29, 1.82) is 0 Å². The van der Waals surface area contributed by atoms with Crippen molar-refractivity contribution < 1.29 is 4.79 Å². The number of carbonyl (C=O) groups excluding carboxylic acids is 1. The quantitative estimate of drug-likeness (QED) is 0.285. The van der Waals surface area contributed by atoms with Gasteiger partial charge in [0.2, 0.25) is 0 Å². The Hall–Kier alpha value is -1.68. The van der Waals surface area contributed by atoms with Crippen molar-refractivity contribution in [3.8, 4) is 0 Å². The Kier molecular flexibility index (Phi) is 9.57. The molecule has 0 aliphatic carbocycles. The normalized spacial score (nSPS) is 10.8. The summed E-state index contributed by atoms with van der Waals surface area (Å²) in [5.41, 5.74) is 4.93. The van der Waals surface area contributed by atoms with E-state index in [0.717, 1.165) is 18.2 Å². The number of benzene rings is 1. The lowest BCUT2D eigenvalue weighted by molar-refractivity contribution is 0.0957. The third-order valence-electron chi connectivity index (χ3n) is 3.76. The van der Waals surface area contributed by atoms with Crippen molar-refractivity contribution >= 4 is 47.2 Å². The molecule has 8 heteroatoms. The Morgan fingerprint density at radius 2 is 1.85 bits per heavy atom. The van der Waals surface area contributed by atoms with Crippen LogP contribution < -0.4 is 10.6 Å². The second kappa shape index (κ2) is 11.1. The smallest absolute Gasteiger partial charge is 0.263 e. The third-order valence-corrected chi connectivity index (χ3v) is 4.69. The van der Waals surface area contributed by atoms with Crippen molar-refractivity contribution in [2.24, 2.45) is 4.99 Å². The largest absolute Gasteiger partial charge is 0.354 e. The number of guanidine groups is 1. The molecule has 0 saturated heterocycles. The van der Waals surface area contributed by atoms with E-state index in [1.165, 1.54) is 22.5 Å². The van der Waals surface area contributed by atoms with Crippen LogP contribution >= 0.6 is 35.3 Å². The number of hydrogen-bond acceptors (Lipinski definition) is 4. The van der Waals surface area contributed by atoms with Gasteiger partial charge in [0.15, 0.2) is 5.96 Å². The van der Waals surface area contributed by atoms with Crippen molar-refractivity contribution in [3.05, 3.63) is 51.5 Å². The van der Waals surface area contributed by atoms with Crippen LogP contribution in [0.5, 0.6) is 0 Å². The minimum atomic E-state index is -0.0789. The lowest BCUT2D eigenvalue weighted by Crippen LogP contribution is -2.42. The molecule has 6 nitrogen and oxygen atoms in total. The fourth-order valence-corrected chi connectivity index (χ4v) is 3.10. The zero-order valence-corrected chi connectivity index (χ0v) is 18.7. The Morgan fingerprint density at radius 3 is 2.42 bits per heavy atom. The number of hydrogen-bond donors (Lipinski definition) is 2. The van der Waals surface area contributed by atoms with Crippen molar-refractivity contribution in [2.75, 3.05) is 27.2 Å². The van der Waals surface area contributed by atoms with E-state index in [4.69, 9.17) is 0 Å². The summed E-state index contributed by atoms with van der Waals surface area (Å²) >= 11 is 1.36. The van der Waals surface area contributed by atoms with Crippen LogP contribution in [0.1, 0.15) is 26.5 Å². The predicted molar refractivity (Wildman–Crippen MR) is 119 cm³/mol. The molecule has 1 heterocycles. The Balaban J connectivity index is 0.00000338. The van der Waals surface area contributed by atoms with Crippen LogP contribution in [-0.2, 0) is 6.54 Å². The Morgan fingerprint density at radius 1 is 1.19 bits per heavy atom. The number of halogens is 1. The molecule has 1 amide bonds. The molecule has 142 valence electrons. The van der Waals surface area contributed by atoms with E-state index in [0.29, 0.717) is 18.0 Å². The van der Waals surface area contributed by atoms with E-state index in [1.807, 2.05) is 14.0 Å². The molecule has 0 bridgehead atoms. The van der Waals surface area contributed by atoms with Gasteiger partial charge in [-0.3, -0.25) is 9.79 Å². The maximum absolute atomic E-state index is 12.0. The van der Waals surface area contributed by atoms with E-state index < -0.39 is 0 Å². The van der Waals surface area contributed by atoms with Crippen molar-refractivity contribution in [2.45, 2.75) is 20.4 Å². The summed E-state index contributed by atoms with van der Waals surface area (Å²) in [4.78, 5) is 23.1. The molecule has 0 unspecified atom stereocenters. The zero-order chi connectivity index (χ0) is 18.2. The summed E-state index contributed by atoms with van der Waals surface area (Å²) in [7, 11) is 3.75.